The first-order chi connectivity index (χ1) is 9.31. The molecule has 0 aliphatic rings. The smallest absolute Gasteiger partial charge is 0.302 e. The second-order valence-electron chi connectivity index (χ2n) is 5.29. The molecule has 6 nitrogen and oxygen atoms in total. The molecule has 0 saturated carbocycles. The van der Waals surface area contributed by atoms with Crippen LogP contribution in [-0.2, 0) is 22.7 Å². The molecule has 0 aliphatic carbocycles. The summed E-state index contributed by atoms with van der Waals surface area (Å²) in [6.45, 7) is 12.2. The Morgan fingerprint density at radius 3 is 1.71 bits per heavy atom. The van der Waals surface area contributed by atoms with Gasteiger partial charge in [0.05, 0.1) is 19.3 Å². The number of rotatable bonds is 6. The molecule has 0 amide bonds. The third-order valence-corrected chi connectivity index (χ3v) is 4.42. The van der Waals surface area contributed by atoms with Crippen LogP contribution < -0.4 is 0 Å². The topological polar surface area (TPSA) is 85.6 Å². The molecule has 0 aromatic carbocycles. The lowest BCUT2D eigenvalue weighted by molar-refractivity contribution is 0.0989. The monoisotopic (exact) mass is 345 g/mol. The molecule has 21 heavy (non-hydrogen) atoms. The van der Waals surface area contributed by atoms with E-state index in [2.05, 4.69) is 9.05 Å². The molecule has 0 bridgehead atoms. The van der Waals surface area contributed by atoms with Crippen LogP contribution in [0.4, 0.5) is 4.20 Å². The molecule has 0 N–H and O–H groups in total. The molecule has 0 aliphatic heterocycles. The number of halogens is 1. The van der Waals surface area contributed by atoms with Crippen molar-refractivity contribution in [1.82, 2.24) is 0 Å². The third-order valence-electron chi connectivity index (χ3n) is 2.29. The lowest BCUT2D eigenvalue weighted by atomic mass is 9.91. The van der Waals surface area contributed by atoms with Crippen molar-refractivity contribution in [2.24, 2.45) is 5.41 Å². The summed E-state index contributed by atoms with van der Waals surface area (Å²) in [5, 5.41) is 8.28. The standard InChI is InChI=1S/C7H16FO2P.C5H10NO3P/c1-6(7(2,3)4)10-11(5,8)9;1-3-8-10(7,5-6)9-4-2/h6H,1-5H3;3-4H2,1-2H3. The summed E-state index contributed by atoms with van der Waals surface area (Å²) in [6, 6.07) is 0. The third kappa shape index (κ3) is 13.2. The van der Waals surface area contributed by atoms with E-state index < -0.39 is 15.3 Å². The van der Waals surface area contributed by atoms with Crippen LogP contribution in [0.1, 0.15) is 41.5 Å². The molecule has 2 atom stereocenters. The zero-order chi connectivity index (χ0) is 17.3. The molecule has 9 heteroatoms. The summed E-state index contributed by atoms with van der Waals surface area (Å²) in [5.41, 5.74) is -0.169. The second kappa shape index (κ2) is 9.71. The molecule has 0 radical (unpaired) electrons. The van der Waals surface area contributed by atoms with Gasteiger partial charge >= 0.3 is 15.3 Å². The van der Waals surface area contributed by atoms with Crippen molar-refractivity contribution >= 4 is 15.3 Å². The average molecular weight is 345 g/mol. The quantitative estimate of drug-likeness (QED) is 0.632. The maximum atomic E-state index is 12.5. The Morgan fingerprint density at radius 1 is 1.19 bits per heavy atom. The SMILES string of the molecule is CC(OP(C)(=O)F)C(C)(C)C.CCOP(=O)(C#N)OCC. The van der Waals surface area contributed by atoms with Gasteiger partial charge in [-0.25, -0.2) is 4.57 Å². The van der Waals surface area contributed by atoms with E-state index in [0.29, 0.717) is 0 Å². The number of nitriles is 1. The highest BCUT2D eigenvalue weighted by Crippen LogP contribution is 2.47. The van der Waals surface area contributed by atoms with E-state index in [9.17, 15) is 13.3 Å². The lowest BCUT2D eigenvalue weighted by Gasteiger charge is -2.27. The van der Waals surface area contributed by atoms with E-state index in [1.54, 1.807) is 20.8 Å². The summed E-state index contributed by atoms with van der Waals surface area (Å²) < 4.78 is 47.9. The van der Waals surface area contributed by atoms with Crippen LogP contribution >= 0.6 is 15.3 Å². The Labute approximate surface area is 127 Å². The first-order valence-corrected chi connectivity index (χ1v) is 10.1. The number of nitrogens with zero attached hydrogens (tertiary/aromatic N) is 1. The maximum Gasteiger partial charge on any atom is 0.431 e. The molecule has 2 unspecified atom stereocenters. The van der Waals surface area contributed by atoms with E-state index in [0.717, 1.165) is 6.66 Å². The molecule has 0 heterocycles. The van der Waals surface area contributed by atoms with Gasteiger partial charge in [0.25, 0.3) is 0 Å². The van der Waals surface area contributed by atoms with Crippen molar-refractivity contribution in [1.29, 1.82) is 5.26 Å². The Hall–Kier alpha value is -0.240. The van der Waals surface area contributed by atoms with Gasteiger partial charge < -0.3 is 4.52 Å². The molecular formula is C12H26FNO5P2. The van der Waals surface area contributed by atoms with Crippen LogP contribution in [0.25, 0.3) is 0 Å². The van der Waals surface area contributed by atoms with Gasteiger partial charge in [0, 0.05) is 6.66 Å². The fourth-order valence-corrected chi connectivity index (χ4v) is 2.63. The number of hydrogen-bond donors (Lipinski definition) is 0. The normalized spacial score (nSPS) is 16.1. The first kappa shape index (κ1) is 23.0. The van der Waals surface area contributed by atoms with Gasteiger partial charge in [-0.2, -0.15) is 9.46 Å². The summed E-state index contributed by atoms with van der Waals surface area (Å²) in [5.74, 6) is 1.49. The van der Waals surface area contributed by atoms with Crippen LogP contribution in [0.5, 0.6) is 0 Å². The maximum absolute atomic E-state index is 12.5. The summed E-state index contributed by atoms with van der Waals surface area (Å²) in [4.78, 5) is 0. The summed E-state index contributed by atoms with van der Waals surface area (Å²) in [6.07, 6.45) is -0.330. The zero-order valence-corrected chi connectivity index (χ0v) is 15.5. The largest absolute Gasteiger partial charge is 0.431 e. The van der Waals surface area contributed by atoms with Gasteiger partial charge in [0.15, 0.2) is 5.81 Å². The van der Waals surface area contributed by atoms with E-state index in [-0.39, 0.29) is 24.7 Å². The summed E-state index contributed by atoms with van der Waals surface area (Å²) >= 11 is 0. The molecule has 0 spiro atoms. The Balaban J connectivity index is 0. The van der Waals surface area contributed by atoms with Crippen LogP contribution in [0.2, 0.25) is 0 Å². The minimum absolute atomic E-state index is 0.169. The van der Waals surface area contributed by atoms with Crippen LogP contribution in [-0.4, -0.2) is 26.0 Å². The minimum Gasteiger partial charge on any atom is -0.302 e. The highest BCUT2D eigenvalue weighted by atomic mass is 31.2. The lowest BCUT2D eigenvalue weighted by Crippen LogP contribution is -2.24. The van der Waals surface area contributed by atoms with Crippen LogP contribution in [0, 0.1) is 16.5 Å². The van der Waals surface area contributed by atoms with Crippen molar-refractivity contribution in [2.45, 2.75) is 47.6 Å². The minimum atomic E-state index is -3.82. The highest BCUT2D eigenvalue weighted by Gasteiger charge is 2.27. The van der Waals surface area contributed by atoms with Gasteiger partial charge in [-0.3, -0.25) is 13.6 Å². The van der Waals surface area contributed by atoms with Gasteiger partial charge in [-0.1, -0.05) is 20.8 Å². The van der Waals surface area contributed by atoms with E-state index >= 15 is 0 Å². The molecule has 0 fully saturated rings. The fraction of sp³-hybridized carbons (Fsp3) is 0.917. The van der Waals surface area contributed by atoms with E-state index in [1.807, 2.05) is 20.8 Å². The predicted molar refractivity (Wildman–Crippen MR) is 81.1 cm³/mol. The molecular weight excluding hydrogens is 319 g/mol. The molecule has 0 aromatic heterocycles. The zero-order valence-electron chi connectivity index (χ0n) is 13.8. The Morgan fingerprint density at radius 2 is 1.57 bits per heavy atom. The summed E-state index contributed by atoms with van der Waals surface area (Å²) in [7, 11) is -7.21. The van der Waals surface area contributed by atoms with Gasteiger partial charge in [0.1, 0.15) is 0 Å². The van der Waals surface area contributed by atoms with Crippen LogP contribution in [0.15, 0.2) is 0 Å². The molecule has 0 aromatic rings. The van der Waals surface area contributed by atoms with Crippen molar-refractivity contribution in [3.63, 3.8) is 0 Å². The molecule has 126 valence electrons. The molecule has 0 rings (SSSR count). The fourth-order valence-electron chi connectivity index (χ4n) is 0.875. The highest BCUT2D eigenvalue weighted by molar-refractivity contribution is 7.59. The van der Waals surface area contributed by atoms with Crippen molar-refractivity contribution < 1.29 is 26.9 Å². The Bertz CT molecular complexity index is 414. The van der Waals surface area contributed by atoms with Crippen LogP contribution in [0.3, 0.4) is 0 Å². The van der Waals surface area contributed by atoms with Gasteiger partial charge in [0.2, 0.25) is 0 Å². The Kier molecular flexibility index (Phi) is 10.7. The van der Waals surface area contributed by atoms with Crippen molar-refractivity contribution in [2.75, 3.05) is 19.9 Å². The van der Waals surface area contributed by atoms with Gasteiger partial charge in [-0.05, 0) is 26.2 Å². The second-order valence-corrected chi connectivity index (χ2v) is 8.71. The van der Waals surface area contributed by atoms with E-state index in [1.165, 1.54) is 5.81 Å². The van der Waals surface area contributed by atoms with E-state index in [4.69, 9.17) is 9.79 Å². The van der Waals surface area contributed by atoms with Crippen molar-refractivity contribution in [3.05, 3.63) is 0 Å². The number of hydrogen-bond acceptors (Lipinski definition) is 6. The average Bonchev–Trinajstić information content (AvgIpc) is 2.27. The van der Waals surface area contributed by atoms with Gasteiger partial charge in [-0.15, -0.1) is 0 Å². The predicted octanol–water partition coefficient (Wildman–Crippen LogP) is 4.96. The first-order valence-electron chi connectivity index (χ1n) is 6.57. The van der Waals surface area contributed by atoms with Crippen molar-refractivity contribution in [3.8, 4) is 5.81 Å². The molecule has 0 saturated heterocycles.